The van der Waals surface area contributed by atoms with Gasteiger partial charge in [0, 0.05) is 18.9 Å². The summed E-state index contributed by atoms with van der Waals surface area (Å²) >= 11 is 0. The first kappa shape index (κ1) is 13.0. The summed E-state index contributed by atoms with van der Waals surface area (Å²) in [5, 5.41) is 0. The molecule has 0 saturated carbocycles. The Bertz CT molecular complexity index is 598. The van der Waals surface area contributed by atoms with Crippen molar-refractivity contribution in [3.05, 3.63) is 53.7 Å². The normalized spacial score (nSPS) is 10.1. The van der Waals surface area contributed by atoms with Crippen molar-refractivity contribution in [3.63, 3.8) is 0 Å². The van der Waals surface area contributed by atoms with E-state index in [1.54, 1.807) is 30.3 Å². The molecule has 1 aromatic heterocycles. The van der Waals surface area contributed by atoms with Gasteiger partial charge in [0.1, 0.15) is 0 Å². The SMILES string of the molecule is Cc1cccc(N(C)C(=O)c2cccnc2NN)c1. The first-order valence-corrected chi connectivity index (χ1v) is 5.90. The molecule has 2 aromatic rings. The predicted molar refractivity (Wildman–Crippen MR) is 76.0 cm³/mol. The van der Waals surface area contributed by atoms with Gasteiger partial charge in [-0.3, -0.25) is 4.79 Å². The van der Waals surface area contributed by atoms with Crippen molar-refractivity contribution in [1.29, 1.82) is 0 Å². The second-order valence-corrected chi connectivity index (χ2v) is 4.25. The summed E-state index contributed by atoms with van der Waals surface area (Å²) < 4.78 is 0. The number of nitrogens with one attached hydrogen (secondary N) is 1. The minimum Gasteiger partial charge on any atom is -0.311 e. The lowest BCUT2D eigenvalue weighted by atomic mass is 10.2. The van der Waals surface area contributed by atoms with Crippen LogP contribution in [0, 0.1) is 6.92 Å². The number of pyridine rings is 1. The van der Waals surface area contributed by atoms with Crippen molar-refractivity contribution in [1.82, 2.24) is 4.98 Å². The van der Waals surface area contributed by atoms with Crippen LogP contribution in [-0.4, -0.2) is 17.9 Å². The Morgan fingerprint density at radius 2 is 2.11 bits per heavy atom. The number of benzene rings is 1. The van der Waals surface area contributed by atoms with Gasteiger partial charge in [-0.15, -0.1) is 0 Å². The highest BCUT2D eigenvalue weighted by Gasteiger charge is 2.17. The Labute approximate surface area is 112 Å². The van der Waals surface area contributed by atoms with E-state index < -0.39 is 0 Å². The van der Waals surface area contributed by atoms with Gasteiger partial charge in [-0.1, -0.05) is 12.1 Å². The zero-order valence-electron chi connectivity index (χ0n) is 10.9. The zero-order valence-corrected chi connectivity index (χ0v) is 10.9. The first-order valence-electron chi connectivity index (χ1n) is 5.90. The maximum absolute atomic E-state index is 12.4. The van der Waals surface area contributed by atoms with Crippen LogP contribution in [0.3, 0.4) is 0 Å². The summed E-state index contributed by atoms with van der Waals surface area (Å²) in [5.74, 6) is 5.58. The number of hydrogen-bond donors (Lipinski definition) is 2. The summed E-state index contributed by atoms with van der Waals surface area (Å²) in [6.45, 7) is 1.98. The Hall–Kier alpha value is -2.40. The van der Waals surface area contributed by atoms with Gasteiger partial charge in [0.05, 0.1) is 5.56 Å². The molecule has 19 heavy (non-hydrogen) atoms. The molecule has 0 unspecified atom stereocenters. The van der Waals surface area contributed by atoms with E-state index in [1.165, 1.54) is 0 Å². The van der Waals surface area contributed by atoms with E-state index in [2.05, 4.69) is 10.4 Å². The van der Waals surface area contributed by atoms with Crippen LogP contribution in [-0.2, 0) is 0 Å². The second kappa shape index (κ2) is 5.49. The summed E-state index contributed by atoms with van der Waals surface area (Å²) in [4.78, 5) is 18.0. The van der Waals surface area contributed by atoms with Crippen LogP contribution in [0.4, 0.5) is 11.5 Å². The summed E-state index contributed by atoms with van der Waals surface area (Å²) in [5.41, 5.74) is 4.80. The summed E-state index contributed by atoms with van der Waals surface area (Å²) in [7, 11) is 1.73. The number of aromatic nitrogens is 1. The van der Waals surface area contributed by atoms with Gasteiger partial charge >= 0.3 is 0 Å². The van der Waals surface area contributed by atoms with Crippen molar-refractivity contribution >= 4 is 17.4 Å². The number of rotatable bonds is 3. The molecule has 2 rings (SSSR count). The molecule has 1 amide bonds. The third kappa shape index (κ3) is 2.71. The fraction of sp³-hybridized carbons (Fsp3) is 0.143. The molecule has 0 aliphatic heterocycles. The van der Waals surface area contributed by atoms with Gasteiger partial charge < -0.3 is 10.3 Å². The van der Waals surface area contributed by atoms with Crippen LogP contribution < -0.4 is 16.2 Å². The van der Waals surface area contributed by atoms with Crippen molar-refractivity contribution in [3.8, 4) is 0 Å². The maximum Gasteiger partial charge on any atom is 0.261 e. The highest BCUT2D eigenvalue weighted by Crippen LogP contribution is 2.19. The molecular weight excluding hydrogens is 240 g/mol. The van der Waals surface area contributed by atoms with E-state index in [0.29, 0.717) is 11.4 Å². The van der Waals surface area contributed by atoms with Crippen LogP contribution in [0.1, 0.15) is 15.9 Å². The van der Waals surface area contributed by atoms with Gasteiger partial charge in [0.25, 0.3) is 5.91 Å². The van der Waals surface area contributed by atoms with Crippen LogP contribution in [0.15, 0.2) is 42.6 Å². The fourth-order valence-corrected chi connectivity index (χ4v) is 1.83. The molecule has 0 fully saturated rings. The molecule has 98 valence electrons. The van der Waals surface area contributed by atoms with Crippen molar-refractivity contribution in [2.75, 3.05) is 17.4 Å². The van der Waals surface area contributed by atoms with Crippen LogP contribution in [0.5, 0.6) is 0 Å². The number of nitrogens with zero attached hydrogens (tertiary/aromatic N) is 2. The molecule has 5 nitrogen and oxygen atoms in total. The molecular formula is C14H16N4O. The molecule has 0 radical (unpaired) electrons. The smallest absolute Gasteiger partial charge is 0.261 e. The average molecular weight is 256 g/mol. The third-order valence-corrected chi connectivity index (χ3v) is 2.87. The predicted octanol–water partition coefficient (Wildman–Crippen LogP) is 1.95. The maximum atomic E-state index is 12.4. The quantitative estimate of drug-likeness (QED) is 0.650. The Morgan fingerprint density at radius 1 is 1.32 bits per heavy atom. The van der Waals surface area contributed by atoms with E-state index in [0.717, 1.165) is 11.3 Å². The van der Waals surface area contributed by atoms with Gasteiger partial charge in [-0.25, -0.2) is 10.8 Å². The van der Waals surface area contributed by atoms with Crippen molar-refractivity contribution in [2.45, 2.75) is 6.92 Å². The number of anilines is 2. The molecule has 0 aliphatic rings. The topological polar surface area (TPSA) is 71.2 Å². The number of amides is 1. The lowest BCUT2D eigenvalue weighted by molar-refractivity contribution is 0.0993. The number of hydrogen-bond acceptors (Lipinski definition) is 4. The molecule has 1 heterocycles. The van der Waals surface area contributed by atoms with Gasteiger partial charge in [0.2, 0.25) is 0 Å². The molecule has 3 N–H and O–H groups in total. The first-order chi connectivity index (χ1) is 9.13. The lowest BCUT2D eigenvalue weighted by Gasteiger charge is -2.19. The molecule has 0 bridgehead atoms. The Balaban J connectivity index is 2.33. The highest BCUT2D eigenvalue weighted by atomic mass is 16.2. The fourth-order valence-electron chi connectivity index (χ4n) is 1.83. The number of carbonyl (C=O) groups is 1. The minimum atomic E-state index is -0.161. The highest BCUT2D eigenvalue weighted by molar-refractivity contribution is 6.08. The van der Waals surface area contributed by atoms with E-state index in [1.807, 2.05) is 31.2 Å². The lowest BCUT2D eigenvalue weighted by Crippen LogP contribution is -2.28. The minimum absolute atomic E-state index is 0.161. The second-order valence-electron chi connectivity index (χ2n) is 4.25. The Kier molecular flexibility index (Phi) is 3.77. The number of aryl methyl sites for hydroxylation is 1. The molecule has 0 aliphatic carbocycles. The van der Waals surface area contributed by atoms with Crippen LogP contribution in [0.25, 0.3) is 0 Å². The molecule has 1 aromatic carbocycles. The monoisotopic (exact) mass is 256 g/mol. The largest absolute Gasteiger partial charge is 0.311 e. The molecule has 0 atom stereocenters. The van der Waals surface area contributed by atoms with Crippen molar-refractivity contribution < 1.29 is 4.79 Å². The number of nitrogens with two attached hydrogens (primary N) is 1. The van der Waals surface area contributed by atoms with Crippen LogP contribution in [0.2, 0.25) is 0 Å². The summed E-state index contributed by atoms with van der Waals surface area (Å²) in [6, 6.07) is 11.1. The van der Waals surface area contributed by atoms with Gasteiger partial charge in [-0.05, 0) is 36.8 Å². The van der Waals surface area contributed by atoms with Gasteiger partial charge in [-0.2, -0.15) is 0 Å². The van der Waals surface area contributed by atoms with E-state index in [4.69, 9.17) is 5.84 Å². The standard InChI is InChI=1S/C14H16N4O/c1-10-5-3-6-11(9-10)18(2)14(19)12-7-4-8-16-13(12)17-15/h3-9H,15H2,1-2H3,(H,16,17). The van der Waals surface area contributed by atoms with E-state index in [-0.39, 0.29) is 5.91 Å². The van der Waals surface area contributed by atoms with E-state index >= 15 is 0 Å². The molecule has 0 spiro atoms. The average Bonchev–Trinajstić information content (AvgIpc) is 2.45. The number of nitrogen functional groups attached to an aromatic ring is 1. The zero-order chi connectivity index (χ0) is 13.8. The van der Waals surface area contributed by atoms with Gasteiger partial charge in [0.15, 0.2) is 5.82 Å². The number of carbonyl (C=O) groups excluding carboxylic acids is 1. The third-order valence-electron chi connectivity index (χ3n) is 2.87. The van der Waals surface area contributed by atoms with Crippen LogP contribution >= 0.6 is 0 Å². The molecule has 5 heteroatoms. The van der Waals surface area contributed by atoms with E-state index in [9.17, 15) is 4.79 Å². The summed E-state index contributed by atoms with van der Waals surface area (Å²) in [6.07, 6.45) is 1.58. The number of hydrazine groups is 1. The van der Waals surface area contributed by atoms with Crippen molar-refractivity contribution in [2.24, 2.45) is 5.84 Å². The molecule has 0 saturated heterocycles. The Morgan fingerprint density at radius 3 is 2.79 bits per heavy atom.